The largest absolute Gasteiger partial charge is 0.497 e. The lowest BCUT2D eigenvalue weighted by molar-refractivity contribution is -0.135. The second kappa shape index (κ2) is 10.9. The predicted octanol–water partition coefficient (Wildman–Crippen LogP) is 3.06. The molecule has 2 fully saturated rings. The molecule has 0 aliphatic carbocycles. The summed E-state index contributed by atoms with van der Waals surface area (Å²) in [6.07, 6.45) is 2.33. The van der Waals surface area contributed by atoms with E-state index in [0.717, 1.165) is 55.1 Å². The first-order chi connectivity index (χ1) is 16.5. The third-order valence-corrected chi connectivity index (χ3v) is 6.93. The van der Waals surface area contributed by atoms with Crippen LogP contribution in [0.4, 0.5) is 0 Å². The highest BCUT2D eigenvalue weighted by atomic mass is 16.5. The van der Waals surface area contributed by atoms with Crippen molar-refractivity contribution in [3.8, 4) is 11.5 Å². The van der Waals surface area contributed by atoms with Crippen molar-refractivity contribution in [2.45, 2.75) is 32.2 Å². The molecule has 2 heterocycles. The van der Waals surface area contributed by atoms with Gasteiger partial charge >= 0.3 is 0 Å². The predicted molar refractivity (Wildman–Crippen MR) is 131 cm³/mol. The molecule has 0 radical (unpaired) electrons. The second-order valence-corrected chi connectivity index (χ2v) is 9.17. The highest BCUT2D eigenvalue weighted by Gasteiger charge is 2.33. The monoisotopic (exact) mass is 465 g/mol. The summed E-state index contributed by atoms with van der Waals surface area (Å²) in [6.45, 7) is 5.94. The van der Waals surface area contributed by atoms with Gasteiger partial charge < -0.3 is 19.3 Å². The Bertz CT molecular complexity index is 999. The molecule has 182 valence electrons. The fraction of sp³-hybridized carbons (Fsp3) is 0.481. The molecule has 7 heteroatoms. The van der Waals surface area contributed by atoms with Gasteiger partial charge in [-0.1, -0.05) is 29.8 Å². The summed E-state index contributed by atoms with van der Waals surface area (Å²) in [5.74, 6) is 1.79. The fourth-order valence-electron chi connectivity index (χ4n) is 4.91. The zero-order valence-electron chi connectivity index (χ0n) is 20.5. The highest BCUT2D eigenvalue weighted by molar-refractivity contribution is 5.80. The molecule has 0 saturated carbocycles. The molecular weight excluding hydrogens is 430 g/mol. The van der Waals surface area contributed by atoms with Crippen LogP contribution in [-0.2, 0) is 16.0 Å². The van der Waals surface area contributed by atoms with Crippen LogP contribution in [0.3, 0.4) is 0 Å². The number of hydrogen-bond donors (Lipinski definition) is 0. The van der Waals surface area contributed by atoms with Crippen molar-refractivity contribution in [3.63, 3.8) is 0 Å². The normalized spacial score (nSPS) is 18.7. The van der Waals surface area contributed by atoms with Crippen LogP contribution in [0.2, 0.25) is 0 Å². The Morgan fingerprint density at radius 1 is 0.912 bits per heavy atom. The Balaban J connectivity index is 1.31. The molecule has 2 aliphatic heterocycles. The molecule has 0 spiro atoms. The molecule has 7 nitrogen and oxygen atoms in total. The number of aryl methyl sites for hydroxylation is 1. The SMILES string of the molecule is COc1ccc(C2CCCN2C(=O)CN2CCN(C(=O)Cc3ccc(C)cc3)CC2)c(OC)c1. The van der Waals surface area contributed by atoms with Gasteiger partial charge in [0.05, 0.1) is 33.2 Å². The van der Waals surface area contributed by atoms with Gasteiger partial charge in [-0.25, -0.2) is 0 Å². The van der Waals surface area contributed by atoms with Crippen molar-refractivity contribution in [1.29, 1.82) is 0 Å². The minimum absolute atomic E-state index is 0.0192. The minimum atomic E-state index is 0.0192. The number of carbonyl (C=O) groups is 2. The smallest absolute Gasteiger partial charge is 0.237 e. The van der Waals surface area contributed by atoms with Crippen molar-refractivity contribution >= 4 is 11.8 Å². The first-order valence-corrected chi connectivity index (χ1v) is 12.1. The molecular formula is C27H35N3O4. The van der Waals surface area contributed by atoms with Crippen LogP contribution in [0, 0.1) is 6.92 Å². The van der Waals surface area contributed by atoms with Crippen LogP contribution >= 0.6 is 0 Å². The summed E-state index contributed by atoms with van der Waals surface area (Å²) in [7, 11) is 3.29. The van der Waals surface area contributed by atoms with E-state index in [1.807, 2.05) is 59.2 Å². The lowest BCUT2D eigenvalue weighted by Gasteiger charge is -2.36. The maximum Gasteiger partial charge on any atom is 0.237 e. The third kappa shape index (κ3) is 5.53. The summed E-state index contributed by atoms with van der Waals surface area (Å²) in [5, 5.41) is 0. The van der Waals surface area contributed by atoms with E-state index in [2.05, 4.69) is 4.90 Å². The molecule has 4 rings (SSSR count). The molecule has 1 unspecified atom stereocenters. The Hall–Kier alpha value is -3.06. The number of likely N-dealkylation sites (tertiary alicyclic amines) is 1. The van der Waals surface area contributed by atoms with E-state index in [-0.39, 0.29) is 17.9 Å². The number of benzene rings is 2. The third-order valence-electron chi connectivity index (χ3n) is 6.93. The number of hydrogen-bond acceptors (Lipinski definition) is 5. The van der Waals surface area contributed by atoms with Gasteiger partial charge in [0.25, 0.3) is 0 Å². The maximum atomic E-state index is 13.2. The molecule has 0 aromatic heterocycles. The van der Waals surface area contributed by atoms with Crippen LogP contribution in [-0.4, -0.2) is 80.0 Å². The van der Waals surface area contributed by atoms with Gasteiger partial charge in [-0.15, -0.1) is 0 Å². The van der Waals surface area contributed by atoms with Gasteiger partial charge in [0, 0.05) is 44.4 Å². The molecule has 2 aliphatic rings. The second-order valence-electron chi connectivity index (χ2n) is 9.17. The number of carbonyl (C=O) groups excluding carboxylic acids is 2. The number of nitrogens with zero attached hydrogens (tertiary/aromatic N) is 3. The number of amides is 2. The van der Waals surface area contributed by atoms with Crippen LogP contribution in [0.15, 0.2) is 42.5 Å². The molecule has 0 N–H and O–H groups in total. The van der Waals surface area contributed by atoms with Gasteiger partial charge in [-0.3, -0.25) is 14.5 Å². The van der Waals surface area contributed by atoms with Crippen LogP contribution < -0.4 is 9.47 Å². The van der Waals surface area contributed by atoms with Gasteiger partial charge in [-0.05, 0) is 37.5 Å². The minimum Gasteiger partial charge on any atom is -0.497 e. The Kier molecular flexibility index (Phi) is 7.73. The average molecular weight is 466 g/mol. The van der Waals surface area contributed by atoms with Gasteiger partial charge in [-0.2, -0.15) is 0 Å². The summed E-state index contributed by atoms with van der Waals surface area (Å²) in [5.41, 5.74) is 3.27. The first-order valence-electron chi connectivity index (χ1n) is 12.1. The van der Waals surface area contributed by atoms with E-state index < -0.39 is 0 Å². The highest BCUT2D eigenvalue weighted by Crippen LogP contribution is 2.38. The van der Waals surface area contributed by atoms with E-state index in [0.29, 0.717) is 26.1 Å². The van der Waals surface area contributed by atoms with Crippen molar-refractivity contribution in [2.75, 3.05) is 53.5 Å². The summed E-state index contributed by atoms with van der Waals surface area (Å²) in [6, 6.07) is 13.9. The summed E-state index contributed by atoms with van der Waals surface area (Å²) >= 11 is 0. The van der Waals surface area contributed by atoms with Crippen molar-refractivity contribution < 1.29 is 19.1 Å². The Morgan fingerprint density at radius 2 is 1.65 bits per heavy atom. The first kappa shape index (κ1) is 24.1. The molecule has 0 bridgehead atoms. The van der Waals surface area contributed by atoms with Crippen molar-refractivity contribution in [1.82, 2.24) is 14.7 Å². The number of methoxy groups -OCH3 is 2. The van der Waals surface area contributed by atoms with Crippen LogP contribution in [0.25, 0.3) is 0 Å². The topological polar surface area (TPSA) is 62.3 Å². The lowest BCUT2D eigenvalue weighted by atomic mass is 10.0. The van der Waals surface area contributed by atoms with Crippen molar-refractivity contribution in [2.24, 2.45) is 0 Å². The number of piperazine rings is 1. The molecule has 2 aromatic rings. The van der Waals surface area contributed by atoms with E-state index in [1.165, 1.54) is 5.56 Å². The zero-order chi connectivity index (χ0) is 24.1. The van der Waals surface area contributed by atoms with Crippen molar-refractivity contribution in [3.05, 3.63) is 59.2 Å². The van der Waals surface area contributed by atoms with E-state index in [9.17, 15) is 9.59 Å². The summed E-state index contributed by atoms with van der Waals surface area (Å²) in [4.78, 5) is 32.0. The number of ether oxygens (including phenoxy) is 2. The van der Waals surface area contributed by atoms with Gasteiger partial charge in [0.15, 0.2) is 0 Å². The molecule has 2 aromatic carbocycles. The lowest BCUT2D eigenvalue weighted by Crippen LogP contribution is -2.51. The quantitative estimate of drug-likeness (QED) is 0.629. The number of rotatable bonds is 7. The van der Waals surface area contributed by atoms with E-state index in [1.54, 1.807) is 14.2 Å². The van der Waals surface area contributed by atoms with Gasteiger partial charge in [0.1, 0.15) is 11.5 Å². The van der Waals surface area contributed by atoms with Crippen LogP contribution in [0.1, 0.15) is 35.6 Å². The standard InChI is InChI=1S/C27H35N3O4/c1-20-6-8-21(9-7-20)17-26(31)29-15-13-28(14-16-29)19-27(32)30-12-4-5-24(30)23-11-10-22(33-2)18-25(23)34-3/h6-11,18,24H,4-5,12-17,19H2,1-3H3. The molecule has 1 atom stereocenters. The van der Waals surface area contributed by atoms with Crippen LogP contribution in [0.5, 0.6) is 11.5 Å². The fourth-order valence-corrected chi connectivity index (χ4v) is 4.91. The van der Waals surface area contributed by atoms with Gasteiger partial charge in [0.2, 0.25) is 11.8 Å². The molecule has 2 saturated heterocycles. The summed E-state index contributed by atoms with van der Waals surface area (Å²) < 4.78 is 10.9. The zero-order valence-corrected chi connectivity index (χ0v) is 20.5. The molecule has 34 heavy (non-hydrogen) atoms. The Labute approximate surface area is 202 Å². The maximum absolute atomic E-state index is 13.2. The Morgan fingerprint density at radius 3 is 2.32 bits per heavy atom. The molecule has 2 amide bonds. The van der Waals surface area contributed by atoms with E-state index in [4.69, 9.17) is 9.47 Å². The van der Waals surface area contributed by atoms with E-state index >= 15 is 0 Å². The average Bonchev–Trinajstić information content (AvgIpc) is 3.35.